The van der Waals surface area contributed by atoms with E-state index >= 15 is 0 Å². The minimum atomic E-state index is -1.08. The summed E-state index contributed by atoms with van der Waals surface area (Å²) in [4.78, 5) is 24.3. The predicted octanol–water partition coefficient (Wildman–Crippen LogP) is 2.65. The molecule has 3 nitrogen and oxygen atoms in total. The molecule has 0 aromatic rings. The van der Waals surface area contributed by atoms with Crippen molar-refractivity contribution in [3.63, 3.8) is 0 Å². The second-order valence-corrected chi connectivity index (χ2v) is 4.69. The molecule has 1 unspecified atom stereocenters. The fourth-order valence-corrected chi connectivity index (χ4v) is 2.55. The Bertz CT molecular complexity index is 389. The van der Waals surface area contributed by atoms with E-state index in [1.54, 1.807) is 0 Å². The number of methoxy groups -OCH3 is 1. The molecular formula is C15H20O3. The molecule has 98 valence electrons. The van der Waals surface area contributed by atoms with Crippen LogP contribution in [0.25, 0.3) is 0 Å². The van der Waals surface area contributed by atoms with Crippen LogP contribution in [0.3, 0.4) is 0 Å². The third-order valence-corrected chi connectivity index (χ3v) is 3.62. The molecule has 0 heterocycles. The molecule has 3 heteroatoms. The zero-order valence-electron chi connectivity index (χ0n) is 11.0. The van der Waals surface area contributed by atoms with Crippen molar-refractivity contribution in [3.05, 3.63) is 12.2 Å². The molecule has 1 rings (SSSR count). The number of terminal acetylenes is 1. The highest BCUT2D eigenvalue weighted by Crippen LogP contribution is 2.44. The van der Waals surface area contributed by atoms with E-state index in [0.717, 1.165) is 25.7 Å². The van der Waals surface area contributed by atoms with Gasteiger partial charge in [-0.25, -0.2) is 0 Å². The highest BCUT2D eigenvalue weighted by Gasteiger charge is 2.50. The first kappa shape index (κ1) is 14.5. The summed E-state index contributed by atoms with van der Waals surface area (Å²) in [5.74, 6) is 2.03. The highest BCUT2D eigenvalue weighted by atomic mass is 16.5. The maximum atomic E-state index is 12.3. The second-order valence-electron chi connectivity index (χ2n) is 4.69. The molecular weight excluding hydrogens is 228 g/mol. The summed E-state index contributed by atoms with van der Waals surface area (Å²) in [7, 11) is 1.32. The lowest BCUT2D eigenvalue weighted by Gasteiger charge is -2.25. The molecule has 0 amide bonds. The summed E-state index contributed by atoms with van der Waals surface area (Å²) in [6, 6.07) is 0. The Labute approximate surface area is 109 Å². The molecule has 1 atom stereocenters. The molecule has 0 spiro atoms. The lowest BCUT2D eigenvalue weighted by atomic mass is 9.77. The Hall–Kier alpha value is -1.56. The number of hydrogen-bond acceptors (Lipinski definition) is 3. The quantitative estimate of drug-likeness (QED) is 0.239. The van der Waals surface area contributed by atoms with Crippen LogP contribution in [0, 0.1) is 17.8 Å². The van der Waals surface area contributed by atoms with Crippen molar-refractivity contribution < 1.29 is 14.3 Å². The normalized spacial score (nSPS) is 22.6. The van der Waals surface area contributed by atoms with Gasteiger partial charge in [0.05, 0.1) is 7.11 Å². The number of ether oxygens (including phenoxy) is 1. The van der Waals surface area contributed by atoms with E-state index in [9.17, 15) is 9.59 Å². The number of esters is 1. The third-order valence-electron chi connectivity index (χ3n) is 3.62. The fraction of sp³-hybridized carbons (Fsp3) is 0.600. The summed E-state index contributed by atoms with van der Waals surface area (Å²) in [6.45, 7) is 3.89. The van der Waals surface area contributed by atoms with Gasteiger partial charge < -0.3 is 4.74 Å². The molecule has 0 N–H and O–H groups in total. The predicted molar refractivity (Wildman–Crippen MR) is 69.7 cm³/mol. The van der Waals surface area contributed by atoms with Gasteiger partial charge in [-0.05, 0) is 32.1 Å². The number of ketones is 1. The summed E-state index contributed by atoms with van der Waals surface area (Å²) in [5, 5.41) is 0. The Morgan fingerprint density at radius 1 is 1.50 bits per heavy atom. The van der Waals surface area contributed by atoms with E-state index in [0.29, 0.717) is 24.8 Å². The van der Waals surface area contributed by atoms with Gasteiger partial charge in [-0.3, -0.25) is 9.59 Å². The van der Waals surface area contributed by atoms with Crippen molar-refractivity contribution in [2.24, 2.45) is 5.41 Å². The van der Waals surface area contributed by atoms with Crippen LogP contribution in [-0.4, -0.2) is 18.9 Å². The van der Waals surface area contributed by atoms with Gasteiger partial charge in [0, 0.05) is 12.8 Å². The maximum absolute atomic E-state index is 12.3. The van der Waals surface area contributed by atoms with Crippen LogP contribution in [0.15, 0.2) is 12.2 Å². The number of rotatable bonds is 6. The van der Waals surface area contributed by atoms with E-state index in [4.69, 9.17) is 11.2 Å². The van der Waals surface area contributed by atoms with E-state index in [2.05, 4.69) is 12.5 Å². The van der Waals surface area contributed by atoms with Crippen molar-refractivity contribution in [2.75, 3.05) is 7.11 Å². The third kappa shape index (κ3) is 2.64. The zero-order chi connectivity index (χ0) is 13.6. The van der Waals surface area contributed by atoms with Gasteiger partial charge >= 0.3 is 5.97 Å². The Kier molecular flexibility index (Phi) is 5.15. The summed E-state index contributed by atoms with van der Waals surface area (Å²) in [5.41, 5.74) is -0.374. The maximum Gasteiger partial charge on any atom is 0.323 e. The van der Waals surface area contributed by atoms with E-state index < -0.39 is 11.4 Å². The van der Waals surface area contributed by atoms with E-state index in [-0.39, 0.29) is 5.78 Å². The van der Waals surface area contributed by atoms with Crippen molar-refractivity contribution in [2.45, 2.75) is 44.9 Å². The molecule has 1 fully saturated rings. The highest BCUT2D eigenvalue weighted by molar-refractivity contribution is 6.07. The molecule has 0 radical (unpaired) electrons. The second kappa shape index (κ2) is 6.39. The molecule has 1 saturated carbocycles. The average molecular weight is 248 g/mol. The fourth-order valence-electron chi connectivity index (χ4n) is 2.55. The number of carbonyl (C=O) groups is 2. The van der Waals surface area contributed by atoms with E-state index in [1.807, 2.05) is 0 Å². The lowest BCUT2D eigenvalue weighted by Crippen LogP contribution is -2.39. The van der Waals surface area contributed by atoms with Crippen LogP contribution < -0.4 is 0 Å². The Morgan fingerprint density at radius 2 is 2.22 bits per heavy atom. The molecule has 0 aromatic heterocycles. The summed E-state index contributed by atoms with van der Waals surface area (Å²) >= 11 is 0. The van der Waals surface area contributed by atoms with Crippen LogP contribution in [-0.2, 0) is 14.3 Å². The van der Waals surface area contributed by atoms with Crippen LogP contribution in [0.5, 0.6) is 0 Å². The van der Waals surface area contributed by atoms with Crippen molar-refractivity contribution in [1.29, 1.82) is 0 Å². The number of hydrogen-bond donors (Lipinski definition) is 0. The zero-order valence-corrected chi connectivity index (χ0v) is 11.0. The molecule has 0 aromatic carbocycles. The number of unbranched alkanes of at least 4 members (excludes halogenated alkanes) is 2. The van der Waals surface area contributed by atoms with E-state index in [1.165, 1.54) is 7.11 Å². The first-order valence-electron chi connectivity index (χ1n) is 6.33. The number of carbonyl (C=O) groups excluding carboxylic acids is 2. The minimum Gasteiger partial charge on any atom is -0.468 e. The van der Waals surface area contributed by atoms with Gasteiger partial charge in [0.25, 0.3) is 0 Å². The van der Waals surface area contributed by atoms with Crippen LogP contribution in [0.4, 0.5) is 0 Å². The Balaban J connectivity index is 2.73. The molecule has 0 saturated heterocycles. The first-order chi connectivity index (χ1) is 8.59. The summed E-state index contributed by atoms with van der Waals surface area (Å²) in [6.07, 6.45) is 9.81. The molecule has 0 bridgehead atoms. The van der Waals surface area contributed by atoms with Crippen molar-refractivity contribution >= 4 is 11.8 Å². The minimum absolute atomic E-state index is 0.0612. The van der Waals surface area contributed by atoms with Gasteiger partial charge in [-0.2, -0.15) is 0 Å². The van der Waals surface area contributed by atoms with Crippen molar-refractivity contribution in [1.82, 2.24) is 0 Å². The molecule has 0 aliphatic heterocycles. The van der Waals surface area contributed by atoms with Gasteiger partial charge in [-0.1, -0.05) is 12.2 Å². The molecule has 1 aliphatic carbocycles. The van der Waals surface area contributed by atoms with Crippen LogP contribution in [0.1, 0.15) is 44.9 Å². The van der Waals surface area contributed by atoms with Gasteiger partial charge in [0.1, 0.15) is 5.41 Å². The summed E-state index contributed by atoms with van der Waals surface area (Å²) < 4.78 is 4.80. The monoisotopic (exact) mass is 248 g/mol. The van der Waals surface area contributed by atoms with Crippen LogP contribution in [0.2, 0.25) is 0 Å². The lowest BCUT2D eigenvalue weighted by molar-refractivity contribution is -0.155. The van der Waals surface area contributed by atoms with Crippen LogP contribution >= 0.6 is 0 Å². The topological polar surface area (TPSA) is 43.4 Å². The van der Waals surface area contributed by atoms with Gasteiger partial charge in [-0.15, -0.1) is 12.3 Å². The average Bonchev–Trinajstić information content (AvgIpc) is 2.76. The first-order valence-corrected chi connectivity index (χ1v) is 6.33. The van der Waals surface area contributed by atoms with Gasteiger partial charge in [0.15, 0.2) is 5.78 Å². The molecule has 18 heavy (non-hydrogen) atoms. The Morgan fingerprint density at radius 3 is 2.72 bits per heavy atom. The van der Waals surface area contributed by atoms with Crippen molar-refractivity contribution in [3.8, 4) is 12.3 Å². The van der Waals surface area contributed by atoms with Gasteiger partial charge in [0.2, 0.25) is 0 Å². The SMILES string of the molecule is C#CCCCCC(=O)C1(C(=O)OC)CCCC1=C. The number of Topliss-reactive ketones (excluding diaryl/α,β-unsaturated/α-hetero) is 1. The standard InChI is InChI=1S/C15H20O3/c1-4-5-6-7-10-13(16)15(14(17)18-3)11-8-9-12(15)2/h1H,2,5-11H2,3H3. The smallest absolute Gasteiger partial charge is 0.323 e. The largest absolute Gasteiger partial charge is 0.468 e. The molecule has 1 aliphatic rings.